The number of urea groups is 1. The average Bonchev–Trinajstić information content (AvgIpc) is 3.41. The summed E-state index contributed by atoms with van der Waals surface area (Å²) in [7, 11) is 0. The first-order chi connectivity index (χ1) is 15.6. The largest absolute Gasteiger partial charge is 0.326 e. The Morgan fingerprint density at radius 2 is 1.47 bits per heavy atom. The first kappa shape index (κ1) is 20.0. The minimum Gasteiger partial charge on any atom is -0.326 e. The topological polar surface area (TPSA) is 69.7 Å². The zero-order valence-electron chi connectivity index (χ0n) is 17.5. The molecular weight excluding hydrogens is 402 g/mol. The molecule has 6 heteroatoms. The molecule has 0 aromatic heterocycles. The molecule has 5 rings (SSSR count). The predicted molar refractivity (Wildman–Crippen MR) is 122 cm³/mol. The molecule has 0 radical (unpaired) electrons. The molecule has 3 aromatic rings. The van der Waals surface area contributed by atoms with E-state index in [1.165, 1.54) is 0 Å². The van der Waals surface area contributed by atoms with Crippen LogP contribution in [0.15, 0.2) is 84.9 Å². The summed E-state index contributed by atoms with van der Waals surface area (Å²) < 4.78 is 0. The van der Waals surface area contributed by atoms with Gasteiger partial charge in [-0.25, -0.2) is 4.79 Å². The van der Waals surface area contributed by atoms with Crippen LogP contribution in [-0.2, 0) is 4.79 Å². The van der Waals surface area contributed by atoms with Crippen molar-refractivity contribution in [2.45, 2.75) is 18.5 Å². The summed E-state index contributed by atoms with van der Waals surface area (Å²) in [5, 5.41) is 2.99. The lowest BCUT2D eigenvalue weighted by Crippen LogP contribution is -2.45. The van der Waals surface area contributed by atoms with Crippen molar-refractivity contribution in [3.63, 3.8) is 0 Å². The molecule has 3 amide bonds. The number of hydrogen-bond donors (Lipinski definition) is 1. The lowest BCUT2D eigenvalue weighted by Gasteiger charge is -2.25. The summed E-state index contributed by atoms with van der Waals surface area (Å²) in [6.07, 6.45) is 0.586. The number of nitrogens with zero attached hydrogens (tertiary/aromatic N) is 2. The third-order valence-electron chi connectivity index (χ3n) is 6.22. The number of amides is 3. The molecule has 6 nitrogen and oxygen atoms in total. The van der Waals surface area contributed by atoms with Gasteiger partial charge in [-0.15, -0.1) is 0 Å². The first-order valence-electron chi connectivity index (χ1n) is 10.7. The van der Waals surface area contributed by atoms with Crippen molar-refractivity contribution in [2.24, 2.45) is 0 Å². The Balaban J connectivity index is 1.35. The normalized spacial score (nSPS) is 19.7. The molecule has 1 N–H and O–H groups in total. The Bertz CT molecular complexity index is 1160. The van der Waals surface area contributed by atoms with Crippen LogP contribution in [0, 0.1) is 0 Å². The predicted octanol–water partition coefficient (Wildman–Crippen LogP) is 4.05. The maximum atomic E-state index is 13.2. The summed E-state index contributed by atoms with van der Waals surface area (Å²) in [6, 6.07) is 25.2. The lowest BCUT2D eigenvalue weighted by molar-refractivity contribution is -0.119. The van der Waals surface area contributed by atoms with Crippen molar-refractivity contribution in [2.75, 3.05) is 18.4 Å². The van der Waals surface area contributed by atoms with Crippen LogP contribution in [0.1, 0.15) is 16.8 Å². The number of fused-ring (bicyclic) bond motifs is 1. The molecule has 0 spiro atoms. The summed E-state index contributed by atoms with van der Waals surface area (Å²) in [5.74, 6) is -0.258. The number of rotatable bonds is 3. The molecule has 2 saturated heterocycles. The summed E-state index contributed by atoms with van der Waals surface area (Å²) in [5.41, 5.74) is 3.16. The fourth-order valence-electron chi connectivity index (χ4n) is 4.71. The Morgan fingerprint density at radius 3 is 2.22 bits per heavy atom. The molecule has 2 aliphatic rings. The molecule has 0 aliphatic carbocycles. The minimum absolute atomic E-state index is 0.0352. The Morgan fingerprint density at radius 1 is 0.812 bits per heavy atom. The number of anilines is 1. The van der Waals surface area contributed by atoms with E-state index in [0.29, 0.717) is 24.2 Å². The summed E-state index contributed by atoms with van der Waals surface area (Å²) >= 11 is 0. The molecule has 0 saturated carbocycles. The molecule has 0 bridgehead atoms. The smallest absolute Gasteiger partial charge is 0.322 e. The number of Topliss-reactive ketones (excluding diaryl/α,β-unsaturated/α-hetero) is 1. The molecule has 2 aliphatic heterocycles. The second kappa shape index (κ2) is 8.30. The highest BCUT2D eigenvalue weighted by molar-refractivity contribution is 6.04. The Labute approximate surface area is 186 Å². The molecule has 2 heterocycles. The Hall–Kier alpha value is -3.93. The third kappa shape index (κ3) is 3.54. The van der Waals surface area contributed by atoms with Gasteiger partial charge in [-0.1, -0.05) is 66.7 Å². The quantitative estimate of drug-likeness (QED) is 0.688. The first-order valence-corrected chi connectivity index (χ1v) is 10.7. The van der Waals surface area contributed by atoms with Gasteiger partial charge in [0.2, 0.25) is 0 Å². The van der Waals surface area contributed by atoms with Crippen LogP contribution in [0.3, 0.4) is 0 Å². The van der Waals surface area contributed by atoms with Crippen LogP contribution in [-0.4, -0.2) is 52.7 Å². The van der Waals surface area contributed by atoms with Crippen LogP contribution >= 0.6 is 0 Å². The van der Waals surface area contributed by atoms with E-state index >= 15 is 0 Å². The molecule has 32 heavy (non-hydrogen) atoms. The number of para-hydroxylation sites is 1. The van der Waals surface area contributed by atoms with Gasteiger partial charge in [-0.3, -0.25) is 9.59 Å². The van der Waals surface area contributed by atoms with Crippen LogP contribution < -0.4 is 5.32 Å². The van der Waals surface area contributed by atoms with E-state index in [2.05, 4.69) is 5.32 Å². The van der Waals surface area contributed by atoms with Gasteiger partial charge >= 0.3 is 6.03 Å². The number of ketones is 1. The van der Waals surface area contributed by atoms with Gasteiger partial charge < -0.3 is 15.1 Å². The zero-order valence-corrected chi connectivity index (χ0v) is 17.5. The summed E-state index contributed by atoms with van der Waals surface area (Å²) in [6.45, 7) is 0.465. The third-order valence-corrected chi connectivity index (χ3v) is 6.22. The van der Waals surface area contributed by atoms with Crippen LogP contribution in [0.25, 0.3) is 11.1 Å². The number of likely N-dealkylation sites (tertiary alicyclic amines) is 2. The average molecular weight is 425 g/mol. The van der Waals surface area contributed by atoms with E-state index in [-0.39, 0.29) is 30.3 Å². The zero-order chi connectivity index (χ0) is 22.1. The van der Waals surface area contributed by atoms with Crippen LogP contribution in [0.4, 0.5) is 10.5 Å². The number of carbonyl (C=O) groups is 3. The van der Waals surface area contributed by atoms with E-state index in [9.17, 15) is 14.4 Å². The maximum Gasteiger partial charge on any atom is 0.322 e. The SMILES string of the molecule is O=C1CN(C(=O)c2ccccc2)[C@@H]2CCN(C(=O)Nc3ccccc3-c3ccccc3)[C@H]12. The second-order valence-corrected chi connectivity index (χ2v) is 8.10. The van der Waals surface area contributed by atoms with E-state index < -0.39 is 6.04 Å². The Kier molecular flexibility index (Phi) is 5.19. The van der Waals surface area contributed by atoms with E-state index in [1.807, 2.05) is 60.7 Å². The van der Waals surface area contributed by atoms with Gasteiger partial charge in [-0.05, 0) is 30.2 Å². The number of benzene rings is 3. The minimum atomic E-state index is -0.605. The number of nitrogens with one attached hydrogen (secondary N) is 1. The highest BCUT2D eigenvalue weighted by Crippen LogP contribution is 2.33. The van der Waals surface area contributed by atoms with E-state index in [0.717, 1.165) is 11.1 Å². The van der Waals surface area contributed by atoms with Gasteiger partial charge in [-0.2, -0.15) is 0 Å². The molecular formula is C26H23N3O3. The molecule has 0 unspecified atom stereocenters. The number of hydrogen-bond acceptors (Lipinski definition) is 3. The van der Waals surface area contributed by atoms with Crippen molar-refractivity contribution < 1.29 is 14.4 Å². The van der Waals surface area contributed by atoms with Crippen molar-refractivity contribution in [1.29, 1.82) is 0 Å². The molecule has 3 aromatic carbocycles. The van der Waals surface area contributed by atoms with Gasteiger partial charge in [0, 0.05) is 17.7 Å². The van der Waals surface area contributed by atoms with Crippen LogP contribution in [0.2, 0.25) is 0 Å². The monoisotopic (exact) mass is 425 g/mol. The molecule has 2 fully saturated rings. The maximum absolute atomic E-state index is 13.2. The van der Waals surface area contributed by atoms with Crippen molar-refractivity contribution in [1.82, 2.24) is 9.80 Å². The van der Waals surface area contributed by atoms with Gasteiger partial charge in [0.05, 0.1) is 18.3 Å². The summed E-state index contributed by atoms with van der Waals surface area (Å²) in [4.78, 5) is 42.2. The second-order valence-electron chi connectivity index (χ2n) is 8.10. The van der Waals surface area contributed by atoms with Crippen molar-refractivity contribution >= 4 is 23.4 Å². The molecule has 2 atom stereocenters. The fourth-order valence-corrected chi connectivity index (χ4v) is 4.71. The van der Waals surface area contributed by atoms with E-state index in [4.69, 9.17) is 0 Å². The van der Waals surface area contributed by atoms with E-state index in [1.54, 1.807) is 34.1 Å². The fraction of sp³-hybridized carbons (Fsp3) is 0.192. The standard InChI is InChI=1S/C26H23N3O3/c30-23-17-29(25(31)19-11-5-2-6-12-19)22-15-16-28(24(22)23)26(32)27-21-14-8-7-13-20(21)18-9-3-1-4-10-18/h1-14,22,24H,15-17H2,(H,27,32)/t22-,24+/m1/s1. The lowest BCUT2D eigenvalue weighted by atomic mass is 10.0. The van der Waals surface area contributed by atoms with Gasteiger partial charge in [0.25, 0.3) is 5.91 Å². The van der Waals surface area contributed by atoms with Crippen LogP contribution in [0.5, 0.6) is 0 Å². The highest BCUT2D eigenvalue weighted by Gasteiger charge is 2.51. The highest BCUT2D eigenvalue weighted by atomic mass is 16.2. The van der Waals surface area contributed by atoms with Gasteiger partial charge in [0.15, 0.2) is 5.78 Å². The van der Waals surface area contributed by atoms with Crippen molar-refractivity contribution in [3.8, 4) is 11.1 Å². The molecule has 160 valence electrons. The van der Waals surface area contributed by atoms with Gasteiger partial charge in [0.1, 0.15) is 6.04 Å². The number of carbonyl (C=O) groups excluding carboxylic acids is 3. The van der Waals surface area contributed by atoms with Crippen molar-refractivity contribution in [3.05, 3.63) is 90.5 Å².